The lowest BCUT2D eigenvalue weighted by Gasteiger charge is -2.34. The van der Waals surface area contributed by atoms with Gasteiger partial charge in [-0.3, -0.25) is 4.79 Å². The van der Waals surface area contributed by atoms with E-state index in [2.05, 4.69) is 74.3 Å². The molecule has 0 aliphatic carbocycles. The number of nitrogens with zero attached hydrogens (tertiary/aromatic N) is 1. The molecule has 0 radical (unpaired) electrons. The van der Waals surface area contributed by atoms with Gasteiger partial charge in [-0.2, -0.15) is 0 Å². The molecule has 2 aromatic carbocycles. The predicted molar refractivity (Wildman–Crippen MR) is 99.3 cm³/mol. The zero-order valence-electron chi connectivity index (χ0n) is 15.0. The number of ketones is 1. The van der Waals surface area contributed by atoms with Crippen molar-refractivity contribution in [2.75, 3.05) is 20.1 Å². The molecule has 2 heteroatoms. The molecule has 2 unspecified atom stereocenters. The van der Waals surface area contributed by atoms with Crippen molar-refractivity contribution in [3.05, 3.63) is 70.8 Å². The summed E-state index contributed by atoms with van der Waals surface area (Å²) in [7, 11) is 2.14. The van der Waals surface area contributed by atoms with Crippen molar-refractivity contribution >= 4 is 5.78 Å². The smallest absolute Gasteiger partial charge is 0.142 e. The maximum Gasteiger partial charge on any atom is 0.142 e. The molecule has 0 bridgehead atoms. The van der Waals surface area contributed by atoms with Gasteiger partial charge < -0.3 is 4.90 Å². The lowest BCUT2D eigenvalue weighted by Crippen LogP contribution is -2.46. The molecule has 0 spiro atoms. The van der Waals surface area contributed by atoms with Crippen molar-refractivity contribution in [2.45, 2.75) is 26.7 Å². The topological polar surface area (TPSA) is 20.3 Å². The Morgan fingerprint density at radius 3 is 1.54 bits per heavy atom. The van der Waals surface area contributed by atoms with Crippen LogP contribution in [0.25, 0.3) is 0 Å². The van der Waals surface area contributed by atoms with Crippen LogP contribution in [0.1, 0.15) is 22.3 Å². The van der Waals surface area contributed by atoms with Crippen molar-refractivity contribution < 1.29 is 4.79 Å². The highest BCUT2D eigenvalue weighted by Crippen LogP contribution is 2.24. The third-order valence-electron chi connectivity index (χ3n) is 5.07. The minimum atomic E-state index is 0.113. The van der Waals surface area contributed by atoms with Gasteiger partial charge in [0, 0.05) is 24.9 Å². The number of rotatable bonds is 4. The van der Waals surface area contributed by atoms with Crippen LogP contribution in [0.3, 0.4) is 0 Å². The van der Waals surface area contributed by atoms with Crippen LogP contribution in [0.15, 0.2) is 48.5 Å². The maximum absolute atomic E-state index is 13.0. The van der Waals surface area contributed by atoms with Crippen LogP contribution >= 0.6 is 0 Å². The van der Waals surface area contributed by atoms with Gasteiger partial charge in [-0.05, 0) is 44.9 Å². The van der Waals surface area contributed by atoms with Crippen LogP contribution in [0.2, 0.25) is 0 Å². The molecule has 2 aromatic rings. The Balaban J connectivity index is 1.70. The number of benzene rings is 2. The van der Waals surface area contributed by atoms with E-state index >= 15 is 0 Å². The minimum Gasteiger partial charge on any atom is -0.305 e. The summed E-state index contributed by atoms with van der Waals surface area (Å²) in [5.41, 5.74) is 5.07. The fourth-order valence-corrected chi connectivity index (χ4v) is 3.69. The fourth-order valence-electron chi connectivity index (χ4n) is 3.69. The molecule has 1 saturated heterocycles. The fraction of sp³-hybridized carbons (Fsp3) is 0.409. The monoisotopic (exact) mass is 321 g/mol. The summed E-state index contributed by atoms with van der Waals surface area (Å²) in [5.74, 6) is 0.665. The van der Waals surface area contributed by atoms with Gasteiger partial charge in [0.15, 0.2) is 0 Å². The summed E-state index contributed by atoms with van der Waals surface area (Å²) in [6.07, 6.45) is 1.71. The van der Waals surface area contributed by atoms with E-state index in [0.29, 0.717) is 5.78 Å². The van der Waals surface area contributed by atoms with Gasteiger partial charge in [-0.15, -0.1) is 0 Å². The van der Waals surface area contributed by atoms with Crippen LogP contribution in [-0.4, -0.2) is 30.8 Å². The van der Waals surface area contributed by atoms with E-state index < -0.39 is 0 Å². The zero-order valence-corrected chi connectivity index (χ0v) is 15.0. The molecule has 0 N–H and O–H groups in total. The highest BCUT2D eigenvalue weighted by molar-refractivity contribution is 5.85. The van der Waals surface area contributed by atoms with Crippen molar-refractivity contribution in [1.82, 2.24) is 4.90 Å². The number of piperidine rings is 1. The summed E-state index contributed by atoms with van der Waals surface area (Å²) in [5, 5.41) is 0. The van der Waals surface area contributed by atoms with Crippen LogP contribution in [0.5, 0.6) is 0 Å². The third-order valence-corrected chi connectivity index (χ3v) is 5.07. The molecule has 3 rings (SSSR count). The number of carbonyl (C=O) groups excluding carboxylic acids is 1. The first-order valence-corrected chi connectivity index (χ1v) is 8.84. The second-order valence-corrected chi connectivity index (χ2v) is 7.40. The molecule has 24 heavy (non-hydrogen) atoms. The van der Waals surface area contributed by atoms with Gasteiger partial charge in [0.05, 0.1) is 0 Å². The first kappa shape index (κ1) is 16.9. The summed E-state index contributed by atoms with van der Waals surface area (Å²) in [6.45, 7) is 5.94. The van der Waals surface area contributed by atoms with Crippen LogP contribution in [-0.2, 0) is 17.6 Å². The van der Waals surface area contributed by atoms with Gasteiger partial charge in [0.1, 0.15) is 5.78 Å². The van der Waals surface area contributed by atoms with E-state index in [4.69, 9.17) is 0 Å². The number of hydrogen-bond acceptors (Lipinski definition) is 2. The average Bonchev–Trinajstić information content (AvgIpc) is 2.56. The number of aryl methyl sites for hydroxylation is 2. The SMILES string of the molecule is Cc1ccc(CC2CN(C)CC(Cc3ccc(C)cc3)C2=O)cc1. The number of hydrogen-bond donors (Lipinski definition) is 0. The molecule has 1 aliphatic heterocycles. The Morgan fingerprint density at radius 2 is 1.17 bits per heavy atom. The second kappa shape index (κ2) is 7.31. The van der Waals surface area contributed by atoms with Gasteiger partial charge in [0.25, 0.3) is 0 Å². The number of likely N-dealkylation sites (tertiary alicyclic amines) is 1. The molecule has 1 aliphatic rings. The van der Waals surface area contributed by atoms with Crippen LogP contribution < -0.4 is 0 Å². The van der Waals surface area contributed by atoms with Crippen LogP contribution in [0, 0.1) is 25.7 Å². The van der Waals surface area contributed by atoms with E-state index in [9.17, 15) is 4.79 Å². The minimum absolute atomic E-state index is 0.113. The normalized spacial score (nSPS) is 21.9. The Morgan fingerprint density at radius 1 is 0.792 bits per heavy atom. The van der Waals surface area contributed by atoms with E-state index in [1.54, 1.807) is 0 Å². The van der Waals surface area contributed by atoms with E-state index in [0.717, 1.165) is 25.9 Å². The van der Waals surface area contributed by atoms with E-state index in [1.807, 2.05) is 0 Å². The van der Waals surface area contributed by atoms with Crippen molar-refractivity contribution in [2.24, 2.45) is 11.8 Å². The summed E-state index contributed by atoms with van der Waals surface area (Å²) < 4.78 is 0. The highest BCUT2D eigenvalue weighted by Gasteiger charge is 2.33. The third kappa shape index (κ3) is 4.12. The maximum atomic E-state index is 13.0. The predicted octanol–water partition coefficient (Wildman–Crippen LogP) is 3.84. The molecule has 2 atom stereocenters. The van der Waals surface area contributed by atoms with Crippen molar-refractivity contribution in [3.63, 3.8) is 0 Å². The van der Waals surface area contributed by atoms with E-state index in [-0.39, 0.29) is 11.8 Å². The van der Waals surface area contributed by atoms with Gasteiger partial charge in [0.2, 0.25) is 0 Å². The molecule has 1 heterocycles. The summed E-state index contributed by atoms with van der Waals surface area (Å²) >= 11 is 0. The molecule has 0 amide bonds. The number of Topliss-reactive ketones (excluding diaryl/α,β-unsaturated/α-hetero) is 1. The average molecular weight is 321 g/mol. The molecular formula is C22H27NO. The number of carbonyl (C=O) groups is 1. The largest absolute Gasteiger partial charge is 0.305 e. The summed E-state index contributed by atoms with van der Waals surface area (Å²) in [4.78, 5) is 15.3. The second-order valence-electron chi connectivity index (χ2n) is 7.40. The Kier molecular flexibility index (Phi) is 5.15. The lowest BCUT2D eigenvalue weighted by atomic mass is 9.81. The van der Waals surface area contributed by atoms with Gasteiger partial charge in [-0.25, -0.2) is 0 Å². The zero-order chi connectivity index (χ0) is 17.1. The molecule has 0 aromatic heterocycles. The first-order chi connectivity index (χ1) is 11.5. The highest BCUT2D eigenvalue weighted by atomic mass is 16.1. The lowest BCUT2D eigenvalue weighted by molar-refractivity contribution is -0.130. The Hall–Kier alpha value is -1.93. The van der Waals surface area contributed by atoms with Gasteiger partial charge in [-0.1, -0.05) is 59.7 Å². The van der Waals surface area contributed by atoms with Crippen molar-refractivity contribution in [1.29, 1.82) is 0 Å². The molecular weight excluding hydrogens is 294 g/mol. The van der Waals surface area contributed by atoms with Crippen LogP contribution in [0.4, 0.5) is 0 Å². The molecule has 0 saturated carbocycles. The van der Waals surface area contributed by atoms with Crippen molar-refractivity contribution in [3.8, 4) is 0 Å². The Bertz CT molecular complexity index is 627. The first-order valence-electron chi connectivity index (χ1n) is 8.84. The molecule has 126 valence electrons. The standard InChI is InChI=1S/C22H27NO/c1-16-4-8-18(9-5-16)12-20-14-23(3)15-21(22(20)24)13-19-10-6-17(2)7-11-19/h4-11,20-21H,12-15H2,1-3H3. The quantitative estimate of drug-likeness (QED) is 0.853. The molecule has 2 nitrogen and oxygen atoms in total. The molecule has 1 fully saturated rings. The van der Waals surface area contributed by atoms with Gasteiger partial charge >= 0.3 is 0 Å². The Labute approximate surface area is 145 Å². The van der Waals surface area contributed by atoms with E-state index in [1.165, 1.54) is 22.3 Å². The summed E-state index contributed by atoms with van der Waals surface area (Å²) in [6, 6.07) is 17.2.